The van der Waals surface area contributed by atoms with Crippen molar-refractivity contribution in [2.75, 3.05) is 19.6 Å². The van der Waals surface area contributed by atoms with Gasteiger partial charge in [0.25, 0.3) is 11.8 Å². The van der Waals surface area contributed by atoms with E-state index in [1.807, 2.05) is 25.1 Å². The van der Waals surface area contributed by atoms with Gasteiger partial charge >= 0.3 is 18.3 Å². The standard InChI is InChI=1S/C41H47F6N3O6S2/c1-3-9-31-39(56-27-24-32(57-25-27)41(45,46)47,16-8-21-50(31)34(51)33-29(40(42,43)44)11-6-20-48-33)35(52)49-22-18-38(55,19-23-49)28-10-4-5-12-30(28)58-26(2)13-17-37(36(53)54)14-7-15-37/h4-6,10-12,20,24-26,31,55H,3,7-9,13-19,21-23H2,1-2H3,(H,53,54). The number of rotatable bonds is 13. The van der Waals surface area contributed by atoms with E-state index < -0.39 is 68.9 Å². The molecule has 58 heavy (non-hydrogen) atoms. The Kier molecular flexibility index (Phi) is 12.8. The Morgan fingerprint density at radius 3 is 2.29 bits per heavy atom. The molecule has 1 saturated carbocycles. The van der Waals surface area contributed by atoms with Crippen LogP contribution in [0.15, 0.2) is 58.9 Å². The lowest BCUT2D eigenvalue weighted by molar-refractivity contribution is -0.163. The molecule has 2 aliphatic heterocycles. The number of benzene rings is 1. The van der Waals surface area contributed by atoms with E-state index in [0.717, 1.165) is 46.0 Å². The van der Waals surface area contributed by atoms with Gasteiger partial charge in [-0.2, -0.15) is 26.3 Å². The van der Waals surface area contributed by atoms with E-state index in [1.54, 1.807) is 24.8 Å². The van der Waals surface area contributed by atoms with Gasteiger partial charge in [0.05, 0.1) is 22.6 Å². The summed E-state index contributed by atoms with van der Waals surface area (Å²) in [4.78, 5) is 47.3. The van der Waals surface area contributed by atoms with Crippen LogP contribution in [0.3, 0.4) is 0 Å². The number of halogens is 6. The largest absolute Gasteiger partial charge is 0.481 e. The van der Waals surface area contributed by atoms with Crippen LogP contribution in [0.5, 0.6) is 5.75 Å². The van der Waals surface area contributed by atoms with Crippen LogP contribution < -0.4 is 4.74 Å². The van der Waals surface area contributed by atoms with Gasteiger partial charge in [0.1, 0.15) is 16.3 Å². The summed E-state index contributed by atoms with van der Waals surface area (Å²) in [5.41, 5.74) is -5.48. The number of hydrogen-bond donors (Lipinski definition) is 2. The molecule has 0 radical (unpaired) electrons. The Bertz CT molecular complexity index is 1960. The van der Waals surface area contributed by atoms with E-state index in [1.165, 1.54) is 4.90 Å². The van der Waals surface area contributed by atoms with Gasteiger partial charge in [0, 0.05) is 53.8 Å². The fourth-order valence-electron chi connectivity index (χ4n) is 8.58. The van der Waals surface area contributed by atoms with Crippen molar-refractivity contribution in [3.8, 4) is 5.75 Å². The number of alkyl halides is 6. The highest BCUT2D eigenvalue weighted by Gasteiger charge is 2.57. The number of hydrogen-bond acceptors (Lipinski definition) is 8. The van der Waals surface area contributed by atoms with Crippen LogP contribution in [0.2, 0.25) is 0 Å². The van der Waals surface area contributed by atoms with Gasteiger partial charge in [-0.15, -0.1) is 23.1 Å². The smallest absolute Gasteiger partial charge is 0.425 e. The number of likely N-dealkylation sites (tertiary alicyclic amines) is 2. The number of aromatic nitrogens is 1. The fourth-order valence-corrected chi connectivity index (χ4v) is 10.5. The van der Waals surface area contributed by atoms with Crippen molar-refractivity contribution in [2.45, 2.75) is 124 Å². The van der Waals surface area contributed by atoms with Gasteiger partial charge in [-0.1, -0.05) is 44.9 Å². The zero-order chi connectivity index (χ0) is 42.1. The zero-order valence-electron chi connectivity index (χ0n) is 32.2. The summed E-state index contributed by atoms with van der Waals surface area (Å²) in [7, 11) is 0. The molecule has 2 amide bonds. The number of carboxylic acid groups (broad SMARTS) is 1. The normalized spacial score (nSPS) is 22.5. The lowest BCUT2D eigenvalue weighted by atomic mass is 9.66. The predicted molar refractivity (Wildman–Crippen MR) is 206 cm³/mol. The number of piperidine rings is 2. The Labute approximate surface area is 341 Å². The average Bonchev–Trinajstić information content (AvgIpc) is 3.64. The van der Waals surface area contributed by atoms with Crippen LogP contribution in [0.4, 0.5) is 26.3 Å². The Hall–Kier alpha value is -3.83. The minimum atomic E-state index is -4.91. The minimum absolute atomic E-state index is 0.0127. The number of carbonyl (C=O) groups is 3. The molecule has 9 nitrogen and oxygen atoms in total. The maximum atomic E-state index is 15.0. The van der Waals surface area contributed by atoms with E-state index in [0.29, 0.717) is 49.0 Å². The molecule has 3 unspecified atom stereocenters. The summed E-state index contributed by atoms with van der Waals surface area (Å²) < 4.78 is 89.9. The number of pyridine rings is 1. The van der Waals surface area contributed by atoms with Crippen LogP contribution in [0.25, 0.3) is 0 Å². The van der Waals surface area contributed by atoms with Crippen molar-refractivity contribution in [2.24, 2.45) is 5.41 Å². The Morgan fingerprint density at radius 1 is 0.983 bits per heavy atom. The minimum Gasteiger partial charge on any atom is -0.481 e. The van der Waals surface area contributed by atoms with Gasteiger partial charge in [-0.25, -0.2) is 0 Å². The number of carboxylic acids is 1. The molecule has 3 fully saturated rings. The first-order chi connectivity index (χ1) is 27.3. The van der Waals surface area contributed by atoms with Crippen LogP contribution in [0, 0.1) is 5.41 Å². The monoisotopic (exact) mass is 855 g/mol. The number of aliphatic carboxylic acids is 1. The van der Waals surface area contributed by atoms with Gasteiger partial charge in [0.2, 0.25) is 5.60 Å². The third-order valence-electron chi connectivity index (χ3n) is 11.9. The first-order valence-electron chi connectivity index (χ1n) is 19.5. The summed E-state index contributed by atoms with van der Waals surface area (Å²) in [6.07, 6.45) is -4.44. The highest BCUT2D eigenvalue weighted by atomic mass is 32.2. The van der Waals surface area contributed by atoms with Crippen molar-refractivity contribution < 1.29 is 55.7 Å². The maximum absolute atomic E-state index is 15.0. The SMILES string of the molecule is CCCC1N(C(=O)c2ncccc2C(F)(F)F)CCCC1(Oc1csc(C(F)(F)F)c1)C(=O)N1CCC(O)(c2ccccc2SC(C)CCC2(C(=O)O)CCC2)CC1. The topological polar surface area (TPSA) is 120 Å². The summed E-state index contributed by atoms with van der Waals surface area (Å²) in [6.45, 7) is 3.76. The molecule has 316 valence electrons. The van der Waals surface area contributed by atoms with Gasteiger partial charge in [-0.05, 0) is 75.1 Å². The molecular formula is C41H47F6N3O6S2. The number of amides is 2. The van der Waals surface area contributed by atoms with Crippen molar-refractivity contribution in [3.63, 3.8) is 0 Å². The van der Waals surface area contributed by atoms with Crippen LogP contribution in [-0.4, -0.2) is 79.3 Å². The molecule has 3 aromatic rings. The third-order valence-corrected chi connectivity index (χ3v) is 14.1. The van der Waals surface area contributed by atoms with E-state index in [2.05, 4.69) is 4.98 Å². The molecule has 2 N–H and O–H groups in total. The Balaban J connectivity index is 1.27. The number of ether oxygens (including phenoxy) is 1. The predicted octanol–water partition coefficient (Wildman–Crippen LogP) is 9.43. The van der Waals surface area contributed by atoms with Crippen LogP contribution >= 0.6 is 23.1 Å². The first-order valence-corrected chi connectivity index (χ1v) is 21.3. The molecular weight excluding hydrogens is 809 g/mol. The number of carbonyl (C=O) groups excluding carboxylic acids is 2. The van der Waals surface area contributed by atoms with Gasteiger partial charge < -0.3 is 24.7 Å². The number of thioether (sulfide) groups is 1. The van der Waals surface area contributed by atoms with Crippen molar-refractivity contribution >= 4 is 40.9 Å². The van der Waals surface area contributed by atoms with E-state index in [-0.39, 0.29) is 62.7 Å². The lowest BCUT2D eigenvalue weighted by Gasteiger charge is -2.51. The lowest BCUT2D eigenvalue weighted by Crippen LogP contribution is -2.68. The molecule has 3 aliphatic rings. The van der Waals surface area contributed by atoms with E-state index in [9.17, 15) is 46.1 Å². The molecule has 3 atom stereocenters. The number of aliphatic hydroxyl groups is 1. The molecule has 4 heterocycles. The second-order valence-corrected chi connectivity index (χ2v) is 18.1. The highest BCUT2D eigenvalue weighted by molar-refractivity contribution is 8.00. The van der Waals surface area contributed by atoms with Crippen LogP contribution in [-0.2, 0) is 27.5 Å². The molecule has 2 aromatic heterocycles. The van der Waals surface area contributed by atoms with Crippen molar-refractivity contribution in [1.82, 2.24) is 14.8 Å². The fraction of sp³-hybridized carbons (Fsp3) is 0.561. The number of nitrogens with zero attached hydrogens (tertiary/aromatic N) is 3. The van der Waals surface area contributed by atoms with E-state index >= 15 is 4.79 Å². The highest BCUT2D eigenvalue weighted by Crippen LogP contribution is 2.48. The second kappa shape index (κ2) is 17.0. The summed E-state index contributed by atoms with van der Waals surface area (Å²) in [6, 6.07) is 8.79. The molecule has 1 aliphatic carbocycles. The molecule has 0 spiro atoms. The van der Waals surface area contributed by atoms with Gasteiger partial charge in [0.15, 0.2) is 0 Å². The molecule has 0 bridgehead atoms. The number of thiophene rings is 1. The zero-order valence-corrected chi connectivity index (χ0v) is 33.8. The Morgan fingerprint density at radius 2 is 1.69 bits per heavy atom. The van der Waals surface area contributed by atoms with E-state index in [4.69, 9.17) is 4.74 Å². The van der Waals surface area contributed by atoms with Crippen molar-refractivity contribution in [3.05, 3.63) is 75.7 Å². The molecule has 2 saturated heterocycles. The van der Waals surface area contributed by atoms with Gasteiger partial charge in [-0.3, -0.25) is 19.4 Å². The quantitative estimate of drug-likeness (QED) is 0.129. The summed E-state index contributed by atoms with van der Waals surface area (Å²) >= 11 is 1.92. The second-order valence-electron chi connectivity index (χ2n) is 15.7. The third kappa shape index (κ3) is 8.86. The summed E-state index contributed by atoms with van der Waals surface area (Å²) in [5.74, 6) is -2.73. The van der Waals surface area contributed by atoms with Crippen LogP contribution in [0.1, 0.15) is 111 Å². The van der Waals surface area contributed by atoms with Crippen molar-refractivity contribution in [1.29, 1.82) is 0 Å². The summed E-state index contributed by atoms with van der Waals surface area (Å²) in [5, 5.41) is 23.1. The average molecular weight is 856 g/mol. The molecule has 6 rings (SSSR count). The maximum Gasteiger partial charge on any atom is 0.425 e. The molecule has 17 heteroatoms. The molecule has 1 aromatic carbocycles. The first kappa shape index (κ1) is 43.7.